The number of phenols is 1. The van der Waals surface area contributed by atoms with Gasteiger partial charge in [0, 0.05) is 12.4 Å². The van der Waals surface area contributed by atoms with Gasteiger partial charge in [-0.15, -0.1) is 5.75 Å². The van der Waals surface area contributed by atoms with Crippen molar-refractivity contribution in [2.45, 2.75) is 79.1 Å². The van der Waals surface area contributed by atoms with Crippen molar-refractivity contribution in [2.75, 3.05) is 0 Å². The van der Waals surface area contributed by atoms with E-state index in [0.29, 0.717) is 29.4 Å². The Hall–Kier alpha value is -3.57. The van der Waals surface area contributed by atoms with E-state index in [1.54, 1.807) is 36.4 Å². The van der Waals surface area contributed by atoms with Crippen LogP contribution in [0.3, 0.4) is 0 Å². The molecule has 0 fully saturated rings. The van der Waals surface area contributed by atoms with E-state index in [9.17, 15) is 5.11 Å². The molecule has 5 aromatic rings. The van der Waals surface area contributed by atoms with Crippen LogP contribution in [0.25, 0.3) is 11.4 Å². The number of nitrogens with zero attached hydrogens (tertiary/aromatic N) is 2. The van der Waals surface area contributed by atoms with Crippen molar-refractivity contribution in [2.24, 2.45) is 0 Å². The van der Waals surface area contributed by atoms with Gasteiger partial charge in [-0.3, -0.25) is 9.13 Å². The molecule has 0 aliphatic rings. The minimum atomic E-state index is 0. The first kappa shape index (κ1) is 36.6. The van der Waals surface area contributed by atoms with Crippen LogP contribution in [0.5, 0.6) is 11.5 Å². The van der Waals surface area contributed by atoms with Crippen LogP contribution in [0.15, 0.2) is 109 Å². The van der Waals surface area contributed by atoms with Crippen LogP contribution >= 0.6 is 0 Å². The maximum Gasteiger partial charge on any atom is 1.00 e. The Bertz CT molecular complexity index is 1370. The van der Waals surface area contributed by atoms with Gasteiger partial charge in [-0.05, 0) is 58.1 Å². The number of rotatable bonds is 6. The standard InChI is InChI=1S/C27H36N2.2C6H6O.Au/c1-18(2)22-11-9-12-23(19(3)4)26(22)28-15-16-29(17-28)27-24(20(5)6)13-10-14-25(27)21(7)8;2*7-6-4-2-1-3-5-6;/h9-16,18-21H,1-8H3;2*1-5,7H;/q;;;+1/p-1. The number of phenolic OH excluding ortho intramolecular Hbond substituents is 1. The summed E-state index contributed by atoms with van der Waals surface area (Å²) >= 11 is 0. The van der Waals surface area contributed by atoms with E-state index in [1.807, 2.05) is 12.1 Å². The Kier molecular flexibility index (Phi) is 14.7. The molecule has 0 radical (unpaired) electrons. The summed E-state index contributed by atoms with van der Waals surface area (Å²) in [5.41, 5.74) is 8.05. The molecule has 0 spiro atoms. The van der Waals surface area contributed by atoms with E-state index in [2.05, 4.69) is 120 Å². The van der Waals surface area contributed by atoms with Crippen LogP contribution in [-0.4, -0.2) is 9.67 Å². The number of para-hydroxylation sites is 4. The average Bonchev–Trinajstić information content (AvgIpc) is 3.47. The zero-order valence-electron chi connectivity index (χ0n) is 27.3. The molecule has 1 heterocycles. The molecule has 0 amide bonds. The molecular weight excluding hydrogens is 725 g/mol. The van der Waals surface area contributed by atoms with E-state index < -0.39 is 0 Å². The molecular formula is C39H47AuN2O2. The summed E-state index contributed by atoms with van der Waals surface area (Å²) in [6.45, 7) is 18.2. The van der Waals surface area contributed by atoms with Crippen molar-refractivity contribution in [1.29, 1.82) is 0 Å². The van der Waals surface area contributed by atoms with Crippen LogP contribution in [0.4, 0.5) is 0 Å². The van der Waals surface area contributed by atoms with Gasteiger partial charge in [0.25, 0.3) is 6.33 Å². The molecule has 0 bridgehead atoms. The zero-order valence-corrected chi connectivity index (χ0v) is 29.4. The van der Waals surface area contributed by atoms with Gasteiger partial charge in [0.2, 0.25) is 0 Å². The normalized spacial score (nSPS) is 10.6. The van der Waals surface area contributed by atoms with E-state index in [4.69, 9.17) is 5.11 Å². The fraction of sp³-hybridized carbons (Fsp3) is 0.308. The summed E-state index contributed by atoms with van der Waals surface area (Å²) in [5.74, 6) is 2.23. The summed E-state index contributed by atoms with van der Waals surface area (Å²) in [6.07, 6.45) is 7.98. The molecule has 0 unspecified atom stereocenters. The molecule has 1 N–H and O–H groups in total. The van der Waals surface area contributed by atoms with Crippen molar-refractivity contribution in [3.63, 3.8) is 0 Å². The van der Waals surface area contributed by atoms with Crippen LogP contribution in [0.2, 0.25) is 0 Å². The first-order chi connectivity index (χ1) is 20.5. The summed E-state index contributed by atoms with van der Waals surface area (Å²) in [5, 5.41) is 18.9. The van der Waals surface area contributed by atoms with Gasteiger partial charge in [-0.1, -0.05) is 140 Å². The molecule has 0 saturated heterocycles. The molecule has 0 aliphatic carbocycles. The number of hydrogen-bond donors (Lipinski definition) is 1. The Morgan fingerprint density at radius 1 is 0.591 bits per heavy atom. The maximum absolute atomic E-state index is 10.3. The van der Waals surface area contributed by atoms with Gasteiger partial charge in [-0.2, -0.15) is 0 Å². The summed E-state index contributed by atoms with van der Waals surface area (Å²) in [6, 6.07) is 30.4. The van der Waals surface area contributed by atoms with E-state index in [-0.39, 0.29) is 28.1 Å². The van der Waals surface area contributed by atoms with E-state index in [1.165, 1.54) is 45.8 Å². The van der Waals surface area contributed by atoms with Crippen LogP contribution in [0.1, 0.15) is 101 Å². The minimum Gasteiger partial charge on any atom is -0.872 e. The second-order valence-corrected chi connectivity index (χ2v) is 12.0. The number of hydrogen-bond acceptors (Lipinski definition) is 2. The van der Waals surface area contributed by atoms with Crippen LogP contribution in [-0.2, 0) is 22.4 Å². The van der Waals surface area contributed by atoms with Gasteiger partial charge in [0.1, 0.15) is 5.75 Å². The third-order valence-electron chi connectivity index (χ3n) is 7.25. The van der Waals surface area contributed by atoms with Gasteiger partial charge in [0.05, 0.1) is 11.4 Å². The van der Waals surface area contributed by atoms with Crippen molar-refractivity contribution >= 4 is 0 Å². The third kappa shape index (κ3) is 9.99. The topological polar surface area (TPSA) is 52.1 Å². The van der Waals surface area contributed by atoms with Crippen LogP contribution < -0.4 is 9.67 Å². The molecule has 4 aromatic carbocycles. The van der Waals surface area contributed by atoms with E-state index >= 15 is 0 Å². The average molecular weight is 773 g/mol. The van der Waals surface area contributed by atoms with Crippen molar-refractivity contribution in [3.05, 3.63) is 138 Å². The zero-order chi connectivity index (χ0) is 31.5. The molecule has 0 atom stereocenters. The van der Waals surface area contributed by atoms with Crippen molar-refractivity contribution in [1.82, 2.24) is 4.57 Å². The predicted molar refractivity (Wildman–Crippen MR) is 176 cm³/mol. The number of aromatic hydroxyl groups is 1. The largest absolute Gasteiger partial charge is 1.00 e. The number of benzene rings is 4. The summed E-state index contributed by atoms with van der Waals surface area (Å²) < 4.78 is 4.40. The molecule has 0 saturated carbocycles. The Morgan fingerprint density at radius 2 is 1.00 bits per heavy atom. The van der Waals surface area contributed by atoms with Gasteiger partial charge < -0.3 is 10.2 Å². The predicted octanol–water partition coefficient (Wildman–Crippen LogP) is 9.20. The maximum atomic E-state index is 10.3. The number of imidazole rings is 1. The molecule has 5 rings (SSSR count). The number of aromatic nitrogens is 2. The fourth-order valence-electron chi connectivity index (χ4n) is 4.99. The second kappa shape index (κ2) is 17.7. The van der Waals surface area contributed by atoms with Gasteiger partial charge in [-0.25, -0.2) is 0 Å². The van der Waals surface area contributed by atoms with Gasteiger partial charge in [0.15, 0.2) is 0 Å². The Labute approximate surface area is 280 Å². The minimum absolute atomic E-state index is 0. The SMILES string of the molecule is CC(C)c1cccc(C(C)C)c1-n1[c-][n+](-c2c(C(C)C)cccc2C(C)C)cc1.Oc1ccccc1.[Au+].[O-]c1ccccc1. The molecule has 236 valence electrons. The molecule has 44 heavy (non-hydrogen) atoms. The van der Waals surface area contributed by atoms with Gasteiger partial charge >= 0.3 is 22.4 Å². The molecule has 0 aliphatic heterocycles. The first-order valence-corrected chi connectivity index (χ1v) is 15.3. The van der Waals surface area contributed by atoms with Crippen molar-refractivity contribution < 1.29 is 37.2 Å². The molecule has 4 nitrogen and oxygen atoms in total. The van der Waals surface area contributed by atoms with Crippen molar-refractivity contribution in [3.8, 4) is 22.9 Å². The third-order valence-corrected chi connectivity index (χ3v) is 7.25. The summed E-state index contributed by atoms with van der Waals surface area (Å²) in [7, 11) is 0. The Morgan fingerprint density at radius 3 is 1.34 bits per heavy atom. The Balaban J connectivity index is 0.000000367. The molecule has 5 heteroatoms. The quantitative estimate of drug-likeness (QED) is 0.106. The summed E-state index contributed by atoms with van der Waals surface area (Å²) in [4.78, 5) is 0. The first-order valence-electron chi connectivity index (χ1n) is 15.3. The fourth-order valence-corrected chi connectivity index (χ4v) is 4.99. The smallest absolute Gasteiger partial charge is 0.872 e. The van der Waals surface area contributed by atoms with E-state index in [0.717, 1.165) is 0 Å². The monoisotopic (exact) mass is 772 g/mol. The molecule has 1 aromatic heterocycles. The van der Waals surface area contributed by atoms with Crippen LogP contribution in [0, 0.1) is 6.33 Å². The second-order valence-electron chi connectivity index (χ2n) is 12.0.